The third-order valence-corrected chi connectivity index (χ3v) is 2.15. The first-order chi connectivity index (χ1) is 6.65. The second-order valence-corrected chi connectivity index (χ2v) is 3.05. The third-order valence-electron chi connectivity index (χ3n) is 2.15. The Bertz CT molecular complexity index is 220. The van der Waals surface area contributed by atoms with Crippen molar-refractivity contribution in [3.63, 3.8) is 0 Å². The molecule has 0 amide bonds. The maximum absolute atomic E-state index is 10.9. The van der Waals surface area contributed by atoms with Gasteiger partial charge < -0.3 is 9.84 Å². The molecule has 1 heterocycles. The van der Waals surface area contributed by atoms with Crippen LogP contribution in [0.1, 0.15) is 6.42 Å². The summed E-state index contributed by atoms with van der Waals surface area (Å²) < 4.78 is 4.41. The van der Waals surface area contributed by atoms with Gasteiger partial charge in [0, 0.05) is 5.92 Å². The molecule has 6 nitrogen and oxygen atoms in total. The Hall–Kier alpha value is -1.14. The third kappa shape index (κ3) is 2.68. The van der Waals surface area contributed by atoms with Gasteiger partial charge in [-0.05, 0) is 0 Å². The molecule has 0 radical (unpaired) electrons. The molecule has 1 atom stereocenters. The van der Waals surface area contributed by atoms with Gasteiger partial charge in [0.15, 0.2) is 0 Å². The van der Waals surface area contributed by atoms with E-state index in [1.807, 2.05) is 0 Å². The summed E-state index contributed by atoms with van der Waals surface area (Å²) >= 11 is 0. The zero-order valence-corrected chi connectivity index (χ0v) is 7.76. The van der Waals surface area contributed by atoms with Gasteiger partial charge in [0.2, 0.25) is 0 Å². The van der Waals surface area contributed by atoms with Crippen molar-refractivity contribution in [3.05, 3.63) is 0 Å². The fourth-order valence-electron chi connectivity index (χ4n) is 1.27. The summed E-state index contributed by atoms with van der Waals surface area (Å²) in [5.41, 5.74) is 0. The van der Waals surface area contributed by atoms with E-state index in [1.54, 1.807) is 0 Å². The lowest BCUT2D eigenvalue weighted by Gasteiger charge is -2.14. The number of carbonyl (C=O) groups is 2. The monoisotopic (exact) mass is 204 g/mol. The van der Waals surface area contributed by atoms with Crippen molar-refractivity contribution in [1.82, 2.24) is 0 Å². The van der Waals surface area contributed by atoms with Crippen LogP contribution in [0.25, 0.3) is 0 Å². The van der Waals surface area contributed by atoms with Crippen molar-refractivity contribution in [3.8, 4) is 0 Å². The van der Waals surface area contributed by atoms with Gasteiger partial charge in [-0.3, -0.25) is 9.59 Å². The van der Waals surface area contributed by atoms with Crippen LogP contribution in [0.3, 0.4) is 0 Å². The number of carboxylic acid groups (broad SMARTS) is 1. The molecule has 1 N–H and O–H groups in total. The van der Waals surface area contributed by atoms with E-state index in [4.69, 9.17) is 5.11 Å². The molecule has 1 rings (SSSR count). The number of rotatable bonds is 4. The first-order valence-corrected chi connectivity index (χ1v) is 4.19. The number of methoxy groups -OCH3 is 1. The second kappa shape index (κ2) is 4.92. The number of hydrogen-bond acceptors (Lipinski definition) is 5. The van der Waals surface area contributed by atoms with Crippen molar-refractivity contribution < 1.29 is 29.2 Å². The maximum atomic E-state index is 10.9. The lowest BCUT2D eigenvalue weighted by molar-refractivity contribution is -0.248. The molecule has 1 unspecified atom stereocenters. The van der Waals surface area contributed by atoms with Crippen molar-refractivity contribution >= 4 is 11.9 Å². The molecule has 1 fully saturated rings. The molecule has 0 aromatic heterocycles. The van der Waals surface area contributed by atoms with Crippen LogP contribution in [-0.4, -0.2) is 37.4 Å². The SMILES string of the molecule is COC(=O)CC(C(=O)O)C1COOC1. The lowest BCUT2D eigenvalue weighted by atomic mass is 9.91. The summed E-state index contributed by atoms with van der Waals surface area (Å²) in [4.78, 5) is 30.9. The van der Waals surface area contributed by atoms with Crippen LogP contribution in [0.2, 0.25) is 0 Å². The minimum absolute atomic E-state index is 0.150. The zero-order valence-electron chi connectivity index (χ0n) is 7.76. The summed E-state index contributed by atoms with van der Waals surface area (Å²) in [6, 6.07) is 0. The van der Waals surface area contributed by atoms with E-state index in [-0.39, 0.29) is 25.6 Å². The number of carboxylic acids is 1. The van der Waals surface area contributed by atoms with Gasteiger partial charge in [0.25, 0.3) is 0 Å². The topological polar surface area (TPSA) is 82.1 Å². The minimum Gasteiger partial charge on any atom is -0.481 e. The molecule has 6 heteroatoms. The molecule has 0 aromatic carbocycles. The first kappa shape index (κ1) is 10.9. The number of hydrogen-bond donors (Lipinski definition) is 1. The number of aliphatic carboxylic acids is 1. The van der Waals surface area contributed by atoms with Crippen molar-refractivity contribution in [2.75, 3.05) is 20.3 Å². The van der Waals surface area contributed by atoms with E-state index in [1.165, 1.54) is 7.11 Å². The number of esters is 1. The van der Waals surface area contributed by atoms with Crippen LogP contribution in [-0.2, 0) is 24.1 Å². The predicted molar refractivity (Wildman–Crippen MR) is 43.2 cm³/mol. The molecule has 0 aromatic rings. The number of ether oxygens (including phenoxy) is 1. The van der Waals surface area contributed by atoms with Crippen LogP contribution in [0.4, 0.5) is 0 Å². The molecular formula is C8H12O6. The molecule has 1 saturated heterocycles. The summed E-state index contributed by atoms with van der Waals surface area (Å²) in [5.74, 6) is -2.66. The van der Waals surface area contributed by atoms with E-state index in [0.29, 0.717) is 0 Å². The van der Waals surface area contributed by atoms with Crippen LogP contribution < -0.4 is 0 Å². The van der Waals surface area contributed by atoms with Crippen LogP contribution in [0, 0.1) is 11.8 Å². The Morgan fingerprint density at radius 3 is 2.50 bits per heavy atom. The summed E-state index contributed by atoms with van der Waals surface area (Å²) in [6.07, 6.45) is -0.150. The maximum Gasteiger partial charge on any atom is 0.307 e. The minimum atomic E-state index is -1.03. The van der Waals surface area contributed by atoms with Crippen molar-refractivity contribution in [2.45, 2.75) is 6.42 Å². The summed E-state index contributed by atoms with van der Waals surface area (Å²) in [5, 5.41) is 8.86. The Balaban J connectivity index is 2.54. The predicted octanol–water partition coefficient (Wildman–Crippen LogP) is -0.172. The second-order valence-electron chi connectivity index (χ2n) is 3.05. The molecule has 14 heavy (non-hydrogen) atoms. The summed E-state index contributed by atoms with van der Waals surface area (Å²) in [7, 11) is 1.23. The first-order valence-electron chi connectivity index (χ1n) is 4.19. The highest BCUT2D eigenvalue weighted by atomic mass is 17.2. The largest absolute Gasteiger partial charge is 0.481 e. The normalized spacial score (nSPS) is 19.2. The van der Waals surface area contributed by atoms with Crippen molar-refractivity contribution in [1.29, 1.82) is 0 Å². The smallest absolute Gasteiger partial charge is 0.307 e. The fourth-order valence-corrected chi connectivity index (χ4v) is 1.27. The van der Waals surface area contributed by atoms with Gasteiger partial charge >= 0.3 is 11.9 Å². The lowest BCUT2D eigenvalue weighted by Crippen LogP contribution is -2.28. The average molecular weight is 204 g/mol. The molecule has 0 aliphatic carbocycles. The highest BCUT2D eigenvalue weighted by molar-refractivity contribution is 5.79. The standard InChI is InChI=1S/C8H12O6/c1-12-7(9)2-6(8(10)11)5-3-13-14-4-5/h5-6H,2-4H2,1H3,(H,10,11). The van der Waals surface area contributed by atoms with E-state index in [9.17, 15) is 9.59 Å². The van der Waals surface area contributed by atoms with Crippen molar-refractivity contribution in [2.24, 2.45) is 11.8 Å². The molecule has 0 spiro atoms. The Morgan fingerprint density at radius 2 is 2.07 bits per heavy atom. The molecular weight excluding hydrogens is 192 g/mol. The average Bonchev–Trinajstić information content (AvgIpc) is 2.65. The molecule has 80 valence electrons. The van der Waals surface area contributed by atoms with Gasteiger partial charge in [-0.25, -0.2) is 9.78 Å². The van der Waals surface area contributed by atoms with Gasteiger partial charge in [-0.1, -0.05) is 0 Å². The Labute approximate surface area is 80.7 Å². The van der Waals surface area contributed by atoms with Gasteiger partial charge in [0.1, 0.15) is 0 Å². The van der Waals surface area contributed by atoms with Crippen LogP contribution >= 0.6 is 0 Å². The van der Waals surface area contributed by atoms with Gasteiger partial charge in [-0.2, -0.15) is 0 Å². The Kier molecular flexibility index (Phi) is 3.84. The molecule has 0 bridgehead atoms. The summed E-state index contributed by atoms with van der Waals surface area (Å²) in [6.45, 7) is 0.405. The highest BCUT2D eigenvalue weighted by Crippen LogP contribution is 2.22. The van der Waals surface area contributed by atoms with E-state index >= 15 is 0 Å². The van der Waals surface area contributed by atoms with Gasteiger partial charge in [-0.15, -0.1) is 0 Å². The van der Waals surface area contributed by atoms with E-state index in [0.717, 1.165) is 0 Å². The van der Waals surface area contributed by atoms with E-state index in [2.05, 4.69) is 14.5 Å². The van der Waals surface area contributed by atoms with E-state index < -0.39 is 17.9 Å². The van der Waals surface area contributed by atoms with Gasteiger partial charge in [0.05, 0.1) is 32.7 Å². The molecule has 1 aliphatic rings. The number of carbonyl (C=O) groups excluding carboxylic acids is 1. The fraction of sp³-hybridized carbons (Fsp3) is 0.750. The van der Waals surface area contributed by atoms with Crippen LogP contribution in [0.5, 0.6) is 0 Å². The molecule has 0 saturated carbocycles. The Morgan fingerprint density at radius 1 is 1.50 bits per heavy atom. The van der Waals surface area contributed by atoms with Crippen LogP contribution in [0.15, 0.2) is 0 Å². The highest BCUT2D eigenvalue weighted by Gasteiger charge is 2.34. The quantitative estimate of drug-likeness (QED) is 0.505. The molecule has 1 aliphatic heterocycles. The zero-order chi connectivity index (χ0) is 10.6.